The number of nitrogens with two attached hydrogens (primary N) is 1. The maximum Gasteiger partial charge on any atom is 0.0318 e. The largest absolute Gasteiger partial charge is 0.326 e. The van der Waals surface area contributed by atoms with Crippen LogP contribution >= 0.6 is 0 Å². The Morgan fingerprint density at radius 2 is 1.75 bits per heavy atom. The van der Waals surface area contributed by atoms with Crippen LogP contribution in [0.25, 0.3) is 11.1 Å². The van der Waals surface area contributed by atoms with Gasteiger partial charge in [-0.2, -0.15) is 0 Å². The highest BCUT2D eigenvalue weighted by Gasteiger charge is 2.15. The normalized spacial score (nSPS) is 16.2. The molecule has 1 aliphatic carbocycles. The van der Waals surface area contributed by atoms with Crippen LogP contribution in [0.3, 0.4) is 0 Å². The fourth-order valence-electron chi connectivity index (χ4n) is 3.24. The summed E-state index contributed by atoms with van der Waals surface area (Å²) in [6.45, 7) is 0.535. The molecule has 20 heavy (non-hydrogen) atoms. The summed E-state index contributed by atoms with van der Waals surface area (Å²) in [6, 6.07) is 11.1. The van der Waals surface area contributed by atoms with Gasteiger partial charge in [-0.3, -0.25) is 4.98 Å². The van der Waals surface area contributed by atoms with Gasteiger partial charge >= 0.3 is 0 Å². The van der Waals surface area contributed by atoms with Crippen molar-refractivity contribution in [3.63, 3.8) is 0 Å². The van der Waals surface area contributed by atoms with Crippen LogP contribution in [-0.4, -0.2) is 4.98 Å². The Labute approximate surface area is 121 Å². The lowest BCUT2D eigenvalue weighted by Crippen LogP contribution is -2.04. The van der Waals surface area contributed by atoms with Crippen LogP contribution in [0, 0.1) is 0 Å². The third kappa shape index (κ3) is 2.75. The highest BCUT2D eigenvalue weighted by Crippen LogP contribution is 2.33. The molecule has 1 heterocycles. The standard InChI is InChI=1S/C18H22N2/c19-12-17-13-20-11-10-18(17)16-8-6-15(7-9-16)14-4-2-1-3-5-14/h6-11,13-14H,1-5,12,19H2. The van der Waals surface area contributed by atoms with E-state index in [1.807, 2.05) is 12.4 Å². The van der Waals surface area contributed by atoms with Crippen molar-refractivity contribution in [3.05, 3.63) is 53.9 Å². The fourth-order valence-corrected chi connectivity index (χ4v) is 3.24. The maximum atomic E-state index is 5.79. The van der Waals surface area contributed by atoms with Crippen LogP contribution in [-0.2, 0) is 6.54 Å². The Kier molecular flexibility index (Phi) is 4.12. The Bertz CT molecular complexity index is 554. The molecule has 1 saturated carbocycles. The third-order valence-corrected chi connectivity index (χ3v) is 4.42. The number of pyridine rings is 1. The van der Waals surface area contributed by atoms with Crippen LogP contribution in [0.1, 0.15) is 49.1 Å². The molecule has 0 spiro atoms. The number of aromatic nitrogens is 1. The van der Waals surface area contributed by atoms with Gasteiger partial charge in [0.25, 0.3) is 0 Å². The second-order valence-electron chi connectivity index (χ2n) is 5.69. The zero-order valence-electron chi connectivity index (χ0n) is 11.9. The summed E-state index contributed by atoms with van der Waals surface area (Å²) in [5.74, 6) is 0.768. The molecule has 0 atom stereocenters. The van der Waals surface area contributed by atoms with Crippen molar-refractivity contribution in [3.8, 4) is 11.1 Å². The summed E-state index contributed by atoms with van der Waals surface area (Å²) < 4.78 is 0. The molecular weight excluding hydrogens is 244 g/mol. The van der Waals surface area contributed by atoms with E-state index in [1.54, 1.807) is 0 Å². The average Bonchev–Trinajstić information content (AvgIpc) is 2.56. The molecule has 1 fully saturated rings. The monoisotopic (exact) mass is 266 g/mol. The molecule has 2 aromatic rings. The van der Waals surface area contributed by atoms with Gasteiger partial charge < -0.3 is 5.73 Å². The molecule has 0 saturated heterocycles. The molecular formula is C18H22N2. The highest BCUT2D eigenvalue weighted by molar-refractivity contribution is 5.67. The highest BCUT2D eigenvalue weighted by atomic mass is 14.6. The van der Waals surface area contributed by atoms with E-state index in [2.05, 4.69) is 35.3 Å². The quantitative estimate of drug-likeness (QED) is 0.901. The lowest BCUT2D eigenvalue weighted by molar-refractivity contribution is 0.443. The van der Waals surface area contributed by atoms with E-state index < -0.39 is 0 Å². The van der Waals surface area contributed by atoms with Gasteiger partial charge in [-0.05, 0) is 47.1 Å². The van der Waals surface area contributed by atoms with Crippen molar-refractivity contribution in [1.82, 2.24) is 4.98 Å². The minimum atomic E-state index is 0.535. The molecule has 2 N–H and O–H groups in total. The van der Waals surface area contributed by atoms with Gasteiger partial charge in [-0.15, -0.1) is 0 Å². The van der Waals surface area contributed by atoms with Crippen LogP contribution in [0.4, 0.5) is 0 Å². The predicted octanol–water partition coefficient (Wildman–Crippen LogP) is 4.26. The molecule has 104 valence electrons. The summed E-state index contributed by atoms with van der Waals surface area (Å²) in [6.07, 6.45) is 10.6. The Hall–Kier alpha value is -1.67. The number of hydrogen-bond acceptors (Lipinski definition) is 2. The third-order valence-electron chi connectivity index (χ3n) is 4.42. The summed E-state index contributed by atoms with van der Waals surface area (Å²) in [5, 5.41) is 0. The summed E-state index contributed by atoms with van der Waals surface area (Å²) in [5.41, 5.74) is 10.9. The van der Waals surface area contributed by atoms with Crippen molar-refractivity contribution in [1.29, 1.82) is 0 Å². The molecule has 0 unspecified atom stereocenters. The van der Waals surface area contributed by atoms with E-state index in [1.165, 1.54) is 48.8 Å². The van der Waals surface area contributed by atoms with Crippen molar-refractivity contribution in [2.45, 2.75) is 44.6 Å². The van der Waals surface area contributed by atoms with Crippen LogP contribution in [0.15, 0.2) is 42.7 Å². The van der Waals surface area contributed by atoms with Crippen LogP contribution in [0.2, 0.25) is 0 Å². The van der Waals surface area contributed by atoms with Gasteiger partial charge in [-0.1, -0.05) is 43.5 Å². The fraction of sp³-hybridized carbons (Fsp3) is 0.389. The van der Waals surface area contributed by atoms with E-state index in [0.29, 0.717) is 6.54 Å². The molecule has 1 aromatic carbocycles. The van der Waals surface area contributed by atoms with Gasteiger partial charge in [0.1, 0.15) is 0 Å². The summed E-state index contributed by atoms with van der Waals surface area (Å²) >= 11 is 0. The SMILES string of the molecule is NCc1cnccc1-c1ccc(C2CCCCC2)cc1. The van der Waals surface area contributed by atoms with Gasteiger partial charge in [0.15, 0.2) is 0 Å². The number of hydrogen-bond donors (Lipinski definition) is 1. The van der Waals surface area contributed by atoms with Gasteiger partial charge in [0.05, 0.1) is 0 Å². The average molecular weight is 266 g/mol. The number of nitrogens with zero attached hydrogens (tertiary/aromatic N) is 1. The summed E-state index contributed by atoms with van der Waals surface area (Å²) in [7, 11) is 0. The molecule has 0 amide bonds. The van der Waals surface area contributed by atoms with Gasteiger partial charge in [0.2, 0.25) is 0 Å². The van der Waals surface area contributed by atoms with Crippen molar-refractivity contribution in [2.75, 3.05) is 0 Å². The van der Waals surface area contributed by atoms with E-state index in [4.69, 9.17) is 5.73 Å². The van der Waals surface area contributed by atoms with Crippen molar-refractivity contribution in [2.24, 2.45) is 5.73 Å². The summed E-state index contributed by atoms with van der Waals surface area (Å²) in [4.78, 5) is 4.15. The molecule has 0 bridgehead atoms. The molecule has 3 rings (SSSR count). The Morgan fingerprint density at radius 3 is 2.45 bits per heavy atom. The predicted molar refractivity (Wildman–Crippen MR) is 83.4 cm³/mol. The van der Waals surface area contributed by atoms with E-state index in [9.17, 15) is 0 Å². The maximum absolute atomic E-state index is 5.79. The van der Waals surface area contributed by atoms with Crippen LogP contribution in [0.5, 0.6) is 0 Å². The first-order valence-electron chi connectivity index (χ1n) is 7.62. The first kappa shape index (κ1) is 13.3. The second-order valence-corrected chi connectivity index (χ2v) is 5.69. The molecule has 0 radical (unpaired) electrons. The number of rotatable bonds is 3. The molecule has 1 aliphatic rings. The first-order chi connectivity index (χ1) is 9.88. The lowest BCUT2D eigenvalue weighted by Gasteiger charge is -2.22. The molecule has 2 nitrogen and oxygen atoms in total. The first-order valence-corrected chi connectivity index (χ1v) is 7.62. The van der Waals surface area contributed by atoms with E-state index in [0.717, 1.165) is 11.5 Å². The van der Waals surface area contributed by atoms with Crippen molar-refractivity contribution < 1.29 is 0 Å². The van der Waals surface area contributed by atoms with Crippen LogP contribution < -0.4 is 5.73 Å². The Morgan fingerprint density at radius 1 is 1.00 bits per heavy atom. The van der Waals surface area contributed by atoms with Gasteiger partial charge in [-0.25, -0.2) is 0 Å². The van der Waals surface area contributed by atoms with E-state index >= 15 is 0 Å². The molecule has 2 heteroatoms. The lowest BCUT2D eigenvalue weighted by atomic mass is 9.83. The minimum Gasteiger partial charge on any atom is -0.326 e. The second kappa shape index (κ2) is 6.19. The smallest absolute Gasteiger partial charge is 0.0318 e. The van der Waals surface area contributed by atoms with Gasteiger partial charge in [0, 0.05) is 18.9 Å². The molecule has 0 aliphatic heterocycles. The zero-order chi connectivity index (χ0) is 13.8. The van der Waals surface area contributed by atoms with Crippen molar-refractivity contribution >= 4 is 0 Å². The zero-order valence-corrected chi connectivity index (χ0v) is 11.9. The molecule has 1 aromatic heterocycles. The number of benzene rings is 1. The van der Waals surface area contributed by atoms with E-state index in [-0.39, 0.29) is 0 Å². The minimum absolute atomic E-state index is 0.535. The topological polar surface area (TPSA) is 38.9 Å². The Balaban J connectivity index is 1.85.